The van der Waals surface area contributed by atoms with Crippen LogP contribution in [-0.2, 0) is 74.1 Å². The highest BCUT2D eigenvalue weighted by atomic mass is 32.2. The summed E-state index contributed by atoms with van der Waals surface area (Å²) in [6.45, 7) is 12.8. The number of likely N-dealkylation sites (N-methyl/N-ethyl adjacent to an activating group) is 1. The van der Waals surface area contributed by atoms with Crippen molar-refractivity contribution in [1.82, 2.24) is 26.0 Å². The standard InChI is InChI=1S/C56H74N8O15S2/c1-7-61-40-26-24-36(80(72,73)74)33-38(40)54(3,4)43(61)20-12-9-13-21-44-55(5,6)39-34-37(81(75,76)77)25-27-41(39)62(44)31-17-11-15-22-46(66)58-30-16-10-14-23-47(67)59-56(28-29-56)53(71)63-32-18-19-42(63)50(68)60-64(35-45(57)65)51(69)48-49(79-48)52(70)78-8-2/h9,12-13,20-21,24-27,33-34,42,48-49H,7-8,10-11,14-19,22-23,28-32,35H2,1-6H3,(H6-,57,58,59,60,65,66,67,68,72,73,74,75,76,77)/p+1/t42-,48+,49+/m0/s1. The molecule has 4 aliphatic heterocycles. The summed E-state index contributed by atoms with van der Waals surface area (Å²) in [5.41, 5.74) is 10.3. The third kappa shape index (κ3) is 14.3. The second-order valence-corrected chi connectivity index (χ2v) is 24.8. The number of hydrazine groups is 1. The van der Waals surface area contributed by atoms with E-state index in [1.54, 1.807) is 19.1 Å². The smallest absolute Gasteiger partial charge is 0.338 e. The molecule has 1 saturated carbocycles. The molecule has 7 rings (SSSR count). The second-order valence-electron chi connectivity index (χ2n) is 22.0. The van der Waals surface area contributed by atoms with Crippen LogP contribution in [0.15, 0.2) is 82.3 Å². The molecule has 2 saturated heterocycles. The number of unbranched alkanes of at least 4 members (excludes halogenated alkanes) is 4. The monoisotopic (exact) mass is 1160 g/mol. The van der Waals surface area contributed by atoms with Gasteiger partial charge in [-0.1, -0.05) is 38.5 Å². The number of likely N-dealkylation sites (tertiary alicyclic amines) is 1. The Morgan fingerprint density at radius 3 is 2.12 bits per heavy atom. The summed E-state index contributed by atoms with van der Waals surface area (Å²) < 4.78 is 80.1. The summed E-state index contributed by atoms with van der Waals surface area (Å²) in [7, 11) is -8.86. The number of esters is 1. The number of anilines is 1. The van der Waals surface area contributed by atoms with Crippen LogP contribution in [0.25, 0.3) is 0 Å². The number of hydrogen-bond donors (Lipinski definition) is 6. The topological polar surface area (TPSA) is 325 Å². The predicted molar refractivity (Wildman–Crippen MR) is 297 cm³/mol. The molecule has 3 atom stereocenters. The lowest BCUT2D eigenvalue weighted by atomic mass is 9.81. The van der Waals surface area contributed by atoms with Gasteiger partial charge < -0.3 is 35.6 Å². The number of nitrogens with one attached hydrogen (secondary N) is 3. The minimum absolute atomic E-state index is 0.0623. The Morgan fingerprint density at radius 2 is 1.48 bits per heavy atom. The molecule has 1 aliphatic carbocycles. The molecule has 4 heterocycles. The Kier molecular flexibility index (Phi) is 19.2. The summed E-state index contributed by atoms with van der Waals surface area (Å²) in [5, 5.41) is 6.50. The van der Waals surface area contributed by atoms with E-state index in [2.05, 4.69) is 25.5 Å². The highest BCUT2D eigenvalue weighted by Crippen LogP contribution is 2.48. The maximum Gasteiger partial charge on any atom is 0.338 e. The molecule has 2 aromatic rings. The van der Waals surface area contributed by atoms with E-state index in [9.17, 15) is 59.5 Å². The van der Waals surface area contributed by atoms with Crippen LogP contribution >= 0.6 is 0 Å². The first kappa shape index (κ1) is 61.8. The molecule has 2 aromatic carbocycles. The SMILES string of the molecule is CCOC(=O)[C@@H]1O[C@H]1C(=O)N(CC(N)=O)NC(=O)[C@@H]1CCCN1C(=O)C1(NC(=O)CCCCCNC(=O)CCCCC[N+]2=C(C=CC=CC=C3N(CC)c4ccc(S(=O)(=O)O)cc4C3(C)C)C(C)(C)c3cc(S(=O)(=O)O)ccc32)CC1. The Morgan fingerprint density at radius 1 is 0.827 bits per heavy atom. The van der Waals surface area contributed by atoms with Crippen LogP contribution in [0.2, 0.25) is 0 Å². The average Bonchev–Trinajstić information content (AvgIpc) is 4.43. The van der Waals surface area contributed by atoms with Gasteiger partial charge >= 0.3 is 5.97 Å². The minimum Gasteiger partial charge on any atom is -0.464 e. The first-order chi connectivity index (χ1) is 38.2. The van der Waals surface area contributed by atoms with Crippen molar-refractivity contribution in [2.24, 2.45) is 5.73 Å². The summed E-state index contributed by atoms with van der Waals surface area (Å²) in [5.74, 6) is -4.14. The number of fused-ring (bicyclic) bond motifs is 2. The molecule has 0 bridgehead atoms. The van der Waals surface area contributed by atoms with Gasteiger partial charge in [-0.3, -0.25) is 43.3 Å². The number of amides is 6. The summed E-state index contributed by atoms with van der Waals surface area (Å²) in [6.07, 6.45) is 13.0. The van der Waals surface area contributed by atoms with Gasteiger partial charge in [0.05, 0.1) is 21.8 Å². The molecule has 0 radical (unpaired) electrons. The van der Waals surface area contributed by atoms with Crippen LogP contribution in [0, 0.1) is 0 Å². The number of ether oxygens (including phenoxy) is 2. The molecule has 0 unspecified atom stereocenters. The summed E-state index contributed by atoms with van der Waals surface area (Å²) >= 11 is 0. The third-order valence-electron chi connectivity index (χ3n) is 15.5. The fourth-order valence-electron chi connectivity index (χ4n) is 11.0. The van der Waals surface area contributed by atoms with Gasteiger partial charge in [-0.2, -0.15) is 21.4 Å². The molecule has 6 amide bonds. The predicted octanol–water partition coefficient (Wildman–Crippen LogP) is 3.92. The van der Waals surface area contributed by atoms with Crippen molar-refractivity contribution < 1.29 is 73.6 Å². The maximum absolute atomic E-state index is 13.8. The van der Waals surface area contributed by atoms with Gasteiger partial charge in [-0.15, -0.1) is 0 Å². The van der Waals surface area contributed by atoms with Crippen LogP contribution < -0.4 is 26.7 Å². The number of rotatable bonds is 26. The van der Waals surface area contributed by atoms with E-state index in [1.165, 1.54) is 29.2 Å². The number of primary amides is 1. The second kappa shape index (κ2) is 25.1. The van der Waals surface area contributed by atoms with Gasteiger partial charge in [0.15, 0.2) is 17.9 Å². The molecule has 7 N–H and O–H groups in total. The van der Waals surface area contributed by atoms with Crippen LogP contribution in [0.1, 0.15) is 130 Å². The molecular weight excluding hydrogens is 1090 g/mol. The number of benzene rings is 2. The van der Waals surface area contributed by atoms with Crippen molar-refractivity contribution in [3.63, 3.8) is 0 Å². The van der Waals surface area contributed by atoms with Gasteiger partial charge in [-0.25, -0.2) is 9.80 Å². The first-order valence-electron chi connectivity index (χ1n) is 27.5. The van der Waals surface area contributed by atoms with Gasteiger partial charge in [0.25, 0.3) is 32.1 Å². The zero-order valence-corrected chi connectivity index (χ0v) is 48.3. The molecule has 5 aliphatic rings. The van der Waals surface area contributed by atoms with Crippen LogP contribution in [0.5, 0.6) is 0 Å². The lowest BCUT2D eigenvalue weighted by Crippen LogP contribution is -2.59. The lowest BCUT2D eigenvalue weighted by Gasteiger charge is -2.30. The lowest BCUT2D eigenvalue weighted by molar-refractivity contribution is -0.438. The quantitative estimate of drug-likeness (QED) is 0.0148. The Bertz CT molecular complexity index is 3180. The zero-order chi connectivity index (χ0) is 59.2. The fourth-order valence-corrected chi connectivity index (χ4v) is 12.0. The largest absolute Gasteiger partial charge is 0.464 e. The van der Waals surface area contributed by atoms with Crippen LogP contribution in [-0.4, -0.2) is 151 Å². The van der Waals surface area contributed by atoms with E-state index in [-0.39, 0.29) is 47.6 Å². The number of epoxide rings is 1. The van der Waals surface area contributed by atoms with E-state index in [1.807, 2.05) is 65.0 Å². The molecular formula is C56H75N8O15S2+. The van der Waals surface area contributed by atoms with Gasteiger partial charge in [-0.05, 0) is 121 Å². The molecule has 0 spiro atoms. The normalized spacial score (nSPS) is 20.8. The Balaban J connectivity index is 0.848. The fraction of sp³-hybridized carbons (Fsp3) is 0.536. The van der Waals surface area contributed by atoms with Crippen molar-refractivity contribution in [1.29, 1.82) is 0 Å². The molecule has 3 fully saturated rings. The average molecular weight is 1160 g/mol. The number of nitrogens with zero attached hydrogens (tertiary/aromatic N) is 4. The minimum atomic E-state index is -4.47. The van der Waals surface area contributed by atoms with Crippen LogP contribution in [0.3, 0.4) is 0 Å². The Hall–Kier alpha value is -6.80. The number of carbonyl (C=O) groups excluding carboxylic acids is 7. The van der Waals surface area contributed by atoms with Crippen molar-refractivity contribution in [2.75, 3.05) is 44.2 Å². The zero-order valence-electron chi connectivity index (χ0n) is 46.7. The van der Waals surface area contributed by atoms with E-state index in [0.29, 0.717) is 82.4 Å². The van der Waals surface area contributed by atoms with E-state index in [4.69, 9.17) is 15.2 Å². The van der Waals surface area contributed by atoms with Crippen LogP contribution in [0.4, 0.5) is 11.4 Å². The van der Waals surface area contributed by atoms with Crippen molar-refractivity contribution >= 4 is 78.7 Å². The van der Waals surface area contributed by atoms with Crippen molar-refractivity contribution in [3.8, 4) is 0 Å². The highest BCUT2D eigenvalue weighted by molar-refractivity contribution is 7.86. The molecule has 0 aromatic heterocycles. The van der Waals surface area contributed by atoms with E-state index in [0.717, 1.165) is 40.3 Å². The first-order valence-corrected chi connectivity index (χ1v) is 30.4. The van der Waals surface area contributed by atoms with Gasteiger partial charge in [0, 0.05) is 73.4 Å². The maximum atomic E-state index is 13.8. The molecule has 23 nitrogen and oxygen atoms in total. The number of carbonyl (C=O) groups is 7. The summed E-state index contributed by atoms with van der Waals surface area (Å²) in [6, 6.07) is 8.21. The number of allylic oxidation sites excluding steroid dienone is 6. The summed E-state index contributed by atoms with van der Waals surface area (Å²) in [4.78, 5) is 93.2. The molecule has 25 heteroatoms. The van der Waals surface area contributed by atoms with E-state index >= 15 is 0 Å². The Labute approximate surface area is 472 Å². The highest BCUT2D eigenvalue weighted by Gasteiger charge is 2.56. The molecule has 81 heavy (non-hydrogen) atoms. The van der Waals surface area contributed by atoms with E-state index < -0.39 is 91.0 Å². The number of nitrogens with two attached hydrogens (primary N) is 1. The van der Waals surface area contributed by atoms with Gasteiger partial charge in [0.2, 0.25) is 29.3 Å². The van der Waals surface area contributed by atoms with Crippen molar-refractivity contribution in [3.05, 3.63) is 83.6 Å². The van der Waals surface area contributed by atoms with Crippen molar-refractivity contribution in [2.45, 2.75) is 163 Å². The third-order valence-corrected chi connectivity index (χ3v) is 17.2. The van der Waals surface area contributed by atoms with Gasteiger partial charge in [0.1, 0.15) is 24.7 Å². The number of hydrogen-bond acceptors (Lipinski definition) is 14. The molecule has 440 valence electrons.